The highest BCUT2D eigenvalue weighted by molar-refractivity contribution is 7.09. The van der Waals surface area contributed by atoms with Crippen LogP contribution in [0.4, 0.5) is 0 Å². The molecule has 2 rings (SSSR count). The smallest absolute Gasteiger partial charge is 0.191 e. The number of benzene rings is 1. The Bertz CT molecular complexity index is 715. The molecular weight excluding hydrogens is 348 g/mol. The third-order valence-electron chi connectivity index (χ3n) is 3.90. The van der Waals surface area contributed by atoms with Gasteiger partial charge in [0.1, 0.15) is 5.75 Å². The number of hydrogen-bond acceptors (Lipinski definition) is 5. The second-order valence-electron chi connectivity index (χ2n) is 5.95. The summed E-state index contributed by atoms with van der Waals surface area (Å²) >= 11 is 1.65. The molecule has 7 heteroatoms. The van der Waals surface area contributed by atoms with Crippen LogP contribution >= 0.6 is 11.3 Å². The number of thiazole rings is 1. The number of ether oxygens (including phenoxy) is 2. The van der Waals surface area contributed by atoms with E-state index in [4.69, 9.17) is 9.47 Å². The lowest BCUT2D eigenvalue weighted by Gasteiger charge is -2.15. The summed E-state index contributed by atoms with van der Waals surface area (Å²) in [6, 6.07) is 6.26. The number of rotatable bonds is 9. The molecule has 0 spiro atoms. The molecule has 1 heterocycles. The number of aryl methyl sites for hydroxylation is 2. The van der Waals surface area contributed by atoms with Gasteiger partial charge in [0, 0.05) is 44.2 Å². The van der Waals surface area contributed by atoms with Gasteiger partial charge in [-0.15, -0.1) is 11.3 Å². The van der Waals surface area contributed by atoms with Crippen LogP contribution in [0.25, 0.3) is 0 Å². The first kappa shape index (κ1) is 20.2. The number of methoxy groups -OCH3 is 1. The van der Waals surface area contributed by atoms with Gasteiger partial charge in [-0.05, 0) is 25.5 Å². The summed E-state index contributed by atoms with van der Waals surface area (Å²) < 4.78 is 11.0. The van der Waals surface area contributed by atoms with Gasteiger partial charge in [0.15, 0.2) is 5.96 Å². The van der Waals surface area contributed by atoms with Gasteiger partial charge in [-0.2, -0.15) is 0 Å². The minimum absolute atomic E-state index is 0.640. The van der Waals surface area contributed by atoms with Crippen LogP contribution in [-0.2, 0) is 17.8 Å². The largest absolute Gasteiger partial charge is 0.493 e. The number of hydrogen-bond donors (Lipinski definition) is 2. The summed E-state index contributed by atoms with van der Waals surface area (Å²) in [7, 11) is 3.47. The summed E-state index contributed by atoms with van der Waals surface area (Å²) in [5.41, 5.74) is 5.20. The molecule has 0 saturated heterocycles. The Hall–Kier alpha value is -2.12. The van der Waals surface area contributed by atoms with Crippen LogP contribution in [0.3, 0.4) is 0 Å². The standard InChI is InChI=1S/C19H28N4O2S/c1-14-6-7-16(17(10-14)25-9-5-8-24-4)11-21-19(20-3)22-12-18-15(2)23-13-26-18/h6-7,10,13H,5,8-9,11-12H2,1-4H3,(H2,20,21,22). The molecule has 0 fully saturated rings. The van der Waals surface area contributed by atoms with Crippen LogP contribution in [0.5, 0.6) is 5.75 Å². The van der Waals surface area contributed by atoms with Crippen LogP contribution in [-0.4, -0.2) is 38.3 Å². The van der Waals surface area contributed by atoms with Crippen molar-refractivity contribution in [1.82, 2.24) is 15.6 Å². The Balaban J connectivity index is 1.90. The zero-order valence-electron chi connectivity index (χ0n) is 16.0. The topological polar surface area (TPSA) is 67.8 Å². The fourth-order valence-electron chi connectivity index (χ4n) is 2.39. The molecule has 2 aromatic rings. The zero-order valence-corrected chi connectivity index (χ0v) is 16.8. The van der Waals surface area contributed by atoms with Gasteiger partial charge < -0.3 is 20.1 Å². The SMILES string of the molecule is CN=C(NCc1ccc(C)cc1OCCCOC)NCc1scnc1C. The first-order chi connectivity index (χ1) is 12.6. The summed E-state index contributed by atoms with van der Waals surface area (Å²) in [5.74, 6) is 1.66. The van der Waals surface area contributed by atoms with Gasteiger partial charge >= 0.3 is 0 Å². The summed E-state index contributed by atoms with van der Waals surface area (Å²) in [6.45, 7) is 6.78. The summed E-state index contributed by atoms with van der Waals surface area (Å²) in [5, 5.41) is 6.67. The maximum Gasteiger partial charge on any atom is 0.191 e. The first-order valence-electron chi connectivity index (χ1n) is 8.68. The lowest BCUT2D eigenvalue weighted by Crippen LogP contribution is -2.36. The number of aliphatic imine (C=N–C) groups is 1. The van der Waals surface area contributed by atoms with Crippen LogP contribution in [0.2, 0.25) is 0 Å². The number of aromatic nitrogens is 1. The van der Waals surface area contributed by atoms with E-state index in [0.29, 0.717) is 26.3 Å². The second kappa shape index (κ2) is 10.8. The molecule has 0 saturated carbocycles. The van der Waals surface area contributed by atoms with E-state index >= 15 is 0 Å². The number of guanidine groups is 1. The fourth-order valence-corrected chi connectivity index (χ4v) is 3.10. The zero-order chi connectivity index (χ0) is 18.8. The molecule has 0 amide bonds. The first-order valence-corrected chi connectivity index (χ1v) is 9.56. The van der Waals surface area contributed by atoms with Gasteiger partial charge in [0.25, 0.3) is 0 Å². The van der Waals surface area contributed by atoms with Gasteiger partial charge in [-0.25, -0.2) is 4.98 Å². The highest BCUT2D eigenvalue weighted by atomic mass is 32.1. The second-order valence-corrected chi connectivity index (χ2v) is 6.89. The molecule has 2 N–H and O–H groups in total. The summed E-state index contributed by atoms with van der Waals surface area (Å²) in [6.07, 6.45) is 0.870. The van der Waals surface area contributed by atoms with Crippen molar-refractivity contribution in [3.63, 3.8) is 0 Å². The Morgan fingerprint density at radius 2 is 2.00 bits per heavy atom. The van der Waals surface area contributed by atoms with Gasteiger partial charge in [-0.3, -0.25) is 4.99 Å². The monoisotopic (exact) mass is 376 g/mol. The van der Waals surface area contributed by atoms with Crippen molar-refractivity contribution < 1.29 is 9.47 Å². The van der Waals surface area contributed by atoms with Crippen molar-refractivity contribution in [2.24, 2.45) is 4.99 Å². The Kier molecular flexibility index (Phi) is 8.37. The van der Waals surface area contributed by atoms with E-state index in [9.17, 15) is 0 Å². The number of nitrogens with one attached hydrogen (secondary N) is 2. The number of nitrogens with zero attached hydrogens (tertiary/aromatic N) is 2. The van der Waals surface area contributed by atoms with Crippen molar-refractivity contribution in [2.45, 2.75) is 33.4 Å². The van der Waals surface area contributed by atoms with Crippen LogP contribution in [0.1, 0.15) is 28.1 Å². The Morgan fingerprint density at radius 1 is 1.19 bits per heavy atom. The molecule has 6 nitrogen and oxygen atoms in total. The van der Waals surface area contributed by atoms with E-state index < -0.39 is 0 Å². The predicted molar refractivity (Wildman–Crippen MR) is 107 cm³/mol. The molecule has 0 aliphatic carbocycles. The van der Waals surface area contributed by atoms with E-state index in [1.165, 1.54) is 10.4 Å². The van der Waals surface area contributed by atoms with E-state index in [1.807, 2.05) is 12.4 Å². The Morgan fingerprint density at radius 3 is 2.69 bits per heavy atom. The van der Waals surface area contributed by atoms with Crippen LogP contribution in [0.15, 0.2) is 28.7 Å². The molecule has 0 unspecified atom stereocenters. The van der Waals surface area contributed by atoms with Gasteiger partial charge in [0.2, 0.25) is 0 Å². The quantitative estimate of drug-likeness (QED) is 0.400. The van der Waals surface area contributed by atoms with Crippen molar-refractivity contribution in [1.29, 1.82) is 0 Å². The fraction of sp³-hybridized carbons (Fsp3) is 0.474. The third kappa shape index (κ3) is 6.31. The molecule has 0 aliphatic heterocycles. The molecule has 0 bridgehead atoms. The average Bonchev–Trinajstić information content (AvgIpc) is 3.05. The van der Waals surface area contributed by atoms with Crippen LogP contribution < -0.4 is 15.4 Å². The van der Waals surface area contributed by atoms with Gasteiger partial charge in [0.05, 0.1) is 24.4 Å². The van der Waals surface area contributed by atoms with E-state index in [-0.39, 0.29) is 0 Å². The van der Waals surface area contributed by atoms with Crippen molar-refractivity contribution in [2.75, 3.05) is 27.4 Å². The van der Waals surface area contributed by atoms with Gasteiger partial charge in [-0.1, -0.05) is 12.1 Å². The molecule has 26 heavy (non-hydrogen) atoms. The lowest BCUT2D eigenvalue weighted by atomic mass is 10.1. The van der Waals surface area contributed by atoms with Crippen LogP contribution in [0, 0.1) is 13.8 Å². The van der Waals surface area contributed by atoms with E-state index in [2.05, 4.69) is 45.7 Å². The minimum Gasteiger partial charge on any atom is -0.493 e. The third-order valence-corrected chi connectivity index (χ3v) is 4.84. The molecule has 1 aromatic heterocycles. The highest BCUT2D eigenvalue weighted by Gasteiger charge is 2.07. The Labute approximate surface area is 159 Å². The molecular formula is C19H28N4O2S. The highest BCUT2D eigenvalue weighted by Crippen LogP contribution is 2.20. The minimum atomic E-state index is 0.640. The molecule has 0 aliphatic rings. The van der Waals surface area contributed by atoms with Crippen molar-refractivity contribution in [3.05, 3.63) is 45.4 Å². The van der Waals surface area contributed by atoms with E-state index in [1.54, 1.807) is 25.5 Å². The van der Waals surface area contributed by atoms with Crippen molar-refractivity contribution in [3.8, 4) is 5.75 Å². The normalized spacial score (nSPS) is 11.5. The van der Waals surface area contributed by atoms with Crippen molar-refractivity contribution >= 4 is 17.3 Å². The molecule has 0 radical (unpaired) electrons. The average molecular weight is 377 g/mol. The maximum absolute atomic E-state index is 5.93. The predicted octanol–water partition coefficient (Wildman–Crippen LogP) is 3.04. The summed E-state index contributed by atoms with van der Waals surface area (Å²) in [4.78, 5) is 9.77. The van der Waals surface area contributed by atoms with E-state index in [0.717, 1.165) is 29.4 Å². The lowest BCUT2D eigenvalue weighted by molar-refractivity contribution is 0.172. The molecule has 0 atom stereocenters. The molecule has 142 valence electrons. The molecule has 1 aromatic carbocycles. The maximum atomic E-state index is 5.93.